The molecule has 0 heterocycles. The van der Waals surface area contributed by atoms with Crippen LogP contribution in [0.4, 0.5) is 0 Å². The number of hydrogen-bond acceptors (Lipinski definition) is 2. The highest BCUT2D eigenvalue weighted by atomic mass is 16.3. The molecule has 7 atom stereocenters. The van der Waals surface area contributed by atoms with Crippen molar-refractivity contribution in [2.75, 3.05) is 0 Å². The molecule has 2 heteroatoms. The first-order valence-corrected chi connectivity index (χ1v) is 12.5. The third-order valence-electron chi connectivity index (χ3n) is 9.04. The van der Waals surface area contributed by atoms with Gasteiger partial charge in [-0.1, -0.05) is 83.6 Å². The molecular formula is C29H46O2. The minimum atomic E-state index is -0.607. The standard InChI is InChI=1S/C29H46O2/c1-19(10-11-20(2)28(4,5)6)24-14-15-25-23(9-8-16-29(24,25)7)13-12-22-17-26(30)21(3)27(31)18-22/h10-13,19-20,24-27,30-31H,3,8-9,14-18H2,1-2,4-7H3/b11-10+,23-13+/t19-,20+,24+,25-,26+,27+,29+/m0/s1. The monoisotopic (exact) mass is 426 g/mol. The third kappa shape index (κ3) is 5.28. The maximum atomic E-state index is 10.2. The van der Waals surface area contributed by atoms with Gasteiger partial charge in [-0.15, -0.1) is 0 Å². The smallest absolute Gasteiger partial charge is 0.0809 e. The molecule has 0 saturated heterocycles. The third-order valence-corrected chi connectivity index (χ3v) is 9.04. The van der Waals surface area contributed by atoms with E-state index in [2.05, 4.69) is 72.4 Å². The zero-order chi connectivity index (χ0) is 23.0. The number of aliphatic hydroxyl groups excluding tert-OH is 2. The minimum absolute atomic E-state index is 0.319. The fraction of sp³-hybridized carbons (Fsp3) is 0.724. The molecule has 3 rings (SSSR count). The molecule has 0 aromatic rings. The fourth-order valence-corrected chi connectivity index (χ4v) is 6.33. The molecule has 0 spiro atoms. The van der Waals surface area contributed by atoms with Gasteiger partial charge in [0.1, 0.15) is 0 Å². The summed E-state index contributed by atoms with van der Waals surface area (Å²) in [5, 5.41) is 20.3. The van der Waals surface area contributed by atoms with Crippen LogP contribution in [0, 0.1) is 34.5 Å². The largest absolute Gasteiger partial charge is 0.388 e. The molecule has 0 unspecified atom stereocenters. The summed E-state index contributed by atoms with van der Waals surface area (Å²) in [5.41, 5.74) is 4.01. The summed E-state index contributed by atoms with van der Waals surface area (Å²) in [4.78, 5) is 0. The van der Waals surface area contributed by atoms with Gasteiger partial charge in [0.25, 0.3) is 0 Å². The molecule has 0 amide bonds. The fourth-order valence-electron chi connectivity index (χ4n) is 6.33. The Morgan fingerprint density at radius 1 is 1.03 bits per heavy atom. The van der Waals surface area contributed by atoms with Gasteiger partial charge in [0.05, 0.1) is 12.2 Å². The van der Waals surface area contributed by atoms with Crippen molar-refractivity contribution in [3.05, 3.63) is 47.6 Å². The van der Waals surface area contributed by atoms with Crippen LogP contribution in [0.5, 0.6) is 0 Å². The van der Waals surface area contributed by atoms with E-state index in [-0.39, 0.29) is 0 Å². The Morgan fingerprint density at radius 2 is 1.68 bits per heavy atom. The zero-order valence-electron chi connectivity index (χ0n) is 20.8. The molecule has 3 saturated carbocycles. The first kappa shape index (κ1) is 24.5. The molecule has 174 valence electrons. The second-order valence-corrected chi connectivity index (χ2v) is 12.1. The van der Waals surface area contributed by atoms with Crippen molar-refractivity contribution >= 4 is 0 Å². The Labute approximate surface area is 191 Å². The molecule has 3 aliphatic carbocycles. The number of fused-ring (bicyclic) bond motifs is 1. The average molecular weight is 427 g/mol. The van der Waals surface area contributed by atoms with E-state index in [4.69, 9.17) is 0 Å². The van der Waals surface area contributed by atoms with E-state index < -0.39 is 12.2 Å². The summed E-state index contributed by atoms with van der Waals surface area (Å²) < 4.78 is 0. The van der Waals surface area contributed by atoms with E-state index in [1.54, 1.807) is 5.57 Å². The highest BCUT2D eigenvalue weighted by Crippen LogP contribution is 2.59. The average Bonchev–Trinajstić information content (AvgIpc) is 3.05. The van der Waals surface area contributed by atoms with Crippen molar-refractivity contribution in [2.45, 2.75) is 98.7 Å². The van der Waals surface area contributed by atoms with Gasteiger partial charge >= 0.3 is 0 Å². The maximum absolute atomic E-state index is 10.2. The molecule has 0 radical (unpaired) electrons. The number of aliphatic hydroxyl groups is 2. The molecule has 3 fully saturated rings. The Bertz CT molecular complexity index is 733. The summed E-state index contributed by atoms with van der Waals surface area (Å²) in [6, 6.07) is 0. The summed E-state index contributed by atoms with van der Waals surface area (Å²) >= 11 is 0. The molecule has 31 heavy (non-hydrogen) atoms. The van der Waals surface area contributed by atoms with E-state index >= 15 is 0 Å². The van der Waals surface area contributed by atoms with Crippen LogP contribution in [0.2, 0.25) is 0 Å². The summed E-state index contributed by atoms with van der Waals surface area (Å²) in [6.45, 7) is 18.1. The number of allylic oxidation sites excluding steroid dienone is 5. The van der Waals surface area contributed by atoms with Crippen LogP contribution in [0.25, 0.3) is 0 Å². The van der Waals surface area contributed by atoms with Crippen LogP contribution in [0.1, 0.15) is 86.5 Å². The molecule has 0 aliphatic heterocycles. The highest BCUT2D eigenvalue weighted by molar-refractivity contribution is 5.29. The van der Waals surface area contributed by atoms with E-state index in [9.17, 15) is 10.2 Å². The van der Waals surface area contributed by atoms with Gasteiger partial charge < -0.3 is 10.2 Å². The maximum Gasteiger partial charge on any atom is 0.0809 e. The zero-order valence-corrected chi connectivity index (χ0v) is 20.8. The Balaban J connectivity index is 1.73. The molecule has 2 nitrogen and oxygen atoms in total. The van der Waals surface area contributed by atoms with Crippen molar-refractivity contribution in [2.24, 2.45) is 34.5 Å². The van der Waals surface area contributed by atoms with Crippen LogP contribution < -0.4 is 0 Å². The van der Waals surface area contributed by atoms with Gasteiger partial charge in [0.15, 0.2) is 0 Å². The van der Waals surface area contributed by atoms with Gasteiger partial charge in [-0.05, 0) is 85.0 Å². The van der Waals surface area contributed by atoms with Gasteiger partial charge in [-0.2, -0.15) is 0 Å². The SMILES string of the molecule is C=C1[C@H](O)CC(=C/C=C2\CCC[C@]3(C)[C@@H]([C@@H](C)/C=C/[C@@H](C)C(C)(C)C)CC[C@@H]23)C[C@H]1O. The molecular weight excluding hydrogens is 380 g/mol. The van der Waals surface area contributed by atoms with E-state index in [0.29, 0.717) is 47.0 Å². The van der Waals surface area contributed by atoms with Crippen LogP contribution in [0.3, 0.4) is 0 Å². The Kier molecular flexibility index (Phi) is 7.43. The number of hydrogen-bond donors (Lipinski definition) is 2. The second-order valence-electron chi connectivity index (χ2n) is 12.1. The lowest BCUT2D eigenvalue weighted by Crippen LogP contribution is -2.35. The normalized spacial score (nSPS) is 37.9. The predicted molar refractivity (Wildman–Crippen MR) is 132 cm³/mol. The highest BCUT2D eigenvalue weighted by Gasteiger charge is 2.50. The van der Waals surface area contributed by atoms with Gasteiger partial charge in [-0.3, -0.25) is 0 Å². The molecule has 0 aromatic heterocycles. The van der Waals surface area contributed by atoms with E-state index in [1.165, 1.54) is 32.1 Å². The molecule has 3 aliphatic rings. The molecule has 2 N–H and O–H groups in total. The van der Waals surface area contributed by atoms with Crippen molar-refractivity contribution in [3.63, 3.8) is 0 Å². The van der Waals surface area contributed by atoms with Gasteiger partial charge in [-0.25, -0.2) is 0 Å². The van der Waals surface area contributed by atoms with Crippen LogP contribution >= 0.6 is 0 Å². The van der Waals surface area contributed by atoms with Crippen LogP contribution in [-0.4, -0.2) is 22.4 Å². The van der Waals surface area contributed by atoms with Crippen LogP contribution in [0.15, 0.2) is 47.6 Å². The first-order chi connectivity index (χ1) is 14.4. The summed E-state index contributed by atoms with van der Waals surface area (Å²) in [5.74, 6) is 2.63. The van der Waals surface area contributed by atoms with Crippen molar-refractivity contribution in [1.29, 1.82) is 0 Å². The topological polar surface area (TPSA) is 40.5 Å². The summed E-state index contributed by atoms with van der Waals surface area (Å²) in [6.07, 6.45) is 15.9. The molecule has 0 bridgehead atoms. The van der Waals surface area contributed by atoms with E-state index in [0.717, 1.165) is 11.5 Å². The Morgan fingerprint density at radius 3 is 2.29 bits per heavy atom. The van der Waals surface area contributed by atoms with Crippen molar-refractivity contribution in [1.82, 2.24) is 0 Å². The lowest BCUT2D eigenvalue weighted by Gasteiger charge is -2.44. The summed E-state index contributed by atoms with van der Waals surface area (Å²) in [7, 11) is 0. The molecule has 0 aromatic carbocycles. The first-order valence-electron chi connectivity index (χ1n) is 12.5. The minimum Gasteiger partial charge on any atom is -0.388 e. The van der Waals surface area contributed by atoms with Crippen molar-refractivity contribution < 1.29 is 10.2 Å². The van der Waals surface area contributed by atoms with Gasteiger partial charge in [0, 0.05) is 0 Å². The lowest BCUT2D eigenvalue weighted by molar-refractivity contribution is 0.112. The lowest BCUT2D eigenvalue weighted by atomic mass is 9.61. The Hall–Kier alpha value is -1.12. The van der Waals surface area contributed by atoms with Gasteiger partial charge in [0.2, 0.25) is 0 Å². The van der Waals surface area contributed by atoms with Crippen molar-refractivity contribution in [3.8, 4) is 0 Å². The second kappa shape index (κ2) is 9.40. The van der Waals surface area contributed by atoms with Crippen LogP contribution in [-0.2, 0) is 0 Å². The quantitative estimate of drug-likeness (QED) is 0.475. The number of rotatable bonds is 4. The van der Waals surface area contributed by atoms with E-state index in [1.807, 2.05) is 0 Å². The predicted octanol–water partition coefficient (Wildman–Crippen LogP) is 7.00.